The topological polar surface area (TPSA) is 93.8 Å². The Morgan fingerprint density at radius 1 is 1.28 bits per heavy atom. The van der Waals surface area contributed by atoms with Gasteiger partial charge < -0.3 is 5.11 Å². The highest BCUT2D eigenvalue weighted by atomic mass is 16.4. The molecule has 0 unspecified atom stereocenters. The molecule has 0 bridgehead atoms. The largest absolute Gasteiger partial charge is 0.481 e. The number of hydrogen-bond donors (Lipinski definition) is 1. The summed E-state index contributed by atoms with van der Waals surface area (Å²) in [6.07, 6.45) is 8.91. The zero-order valence-electron chi connectivity index (χ0n) is 9.73. The molecular weight excluding hydrogens is 234 g/mol. The molecule has 7 heteroatoms. The van der Waals surface area contributed by atoms with E-state index >= 15 is 0 Å². The molecule has 94 valence electrons. The predicted octanol–water partition coefficient (Wildman–Crippen LogP) is 0.855. The number of nitrogens with zero attached hydrogens (tertiary/aromatic N) is 5. The first kappa shape index (κ1) is 12.2. The van der Waals surface area contributed by atoms with Crippen LogP contribution in [0.2, 0.25) is 0 Å². The lowest BCUT2D eigenvalue weighted by Crippen LogP contribution is -1.96. The van der Waals surface area contributed by atoms with Crippen molar-refractivity contribution < 1.29 is 9.90 Å². The van der Waals surface area contributed by atoms with E-state index in [0.29, 0.717) is 6.42 Å². The number of unbranched alkanes of at least 4 members (excludes halogenated alkanes) is 1. The van der Waals surface area contributed by atoms with Gasteiger partial charge in [-0.1, -0.05) is 5.21 Å². The first-order valence-corrected chi connectivity index (χ1v) is 5.64. The zero-order chi connectivity index (χ0) is 12.8. The van der Waals surface area contributed by atoms with Gasteiger partial charge in [0.25, 0.3) is 0 Å². The number of aryl methyl sites for hydroxylation is 1. The molecule has 2 rings (SSSR count). The molecule has 2 heterocycles. The Hall–Kier alpha value is -2.31. The maximum Gasteiger partial charge on any atom is 0.303 e. The molecule has 0 radical (unpaired) electrons. The smallest absolute Gasteiger partial charge is 0.303 e. The molecule has 1 N–H and O–H groups in total. The van der Waals surface area contributed by atoms with Crippen LogP contribution in [-0.2, 0) is 11.2 Å². The van der Waals surface area contributed by atoms with E-state index in [4.69, 9.17) is 5.11 Å². The second-order valence-corrected chi connectivity index (χ2v) is 3.85. The summed E-state index contributed by atoms with van der Waals surface area (Å²) >= 11 is 0. The fraction of sp³-hybridized carbons (Fsp3) is 0.364. The number of hydrogen-bond acceptors (Lipinski definition) is 5. The van der Waals surface area contributed by atoms with Crippen molar-refractivity contribution in [3.8, 4) is 5.69 Å². The quantitative estimate of drug-likeness (QED) is 0.761. The molecule has 0 aliphatic rings. The van der Waals surface area contributed by atoms with Gasteiger partial charge in [0.05, 0.1) is 24.3 Å². The van der Waals surface area contributed by atoms with Crippen LogP contribution in [0.15, 0.2) is 24.9 Å². The maximum absolute atomic E-state index is 10.4. The highest BCUT2D eigenvalue weighted by Crippen LogP contribution is 2.06. The Morgan fingerprint density at radius 3 is 2.78 bits per heavy atom. The van der Waals surface area contributed by atoms with Crippen molar-refractivity contribution in [2.75, 3.05) is 0 Å². The van der Waals surface area contributed by atoms with Gasteiger partial charge in [0, 0.05) is 6.42 Å². The molecule has 2 aromatic rings. The van der Waals surface area contributed by atoms with Crippen molar-refractivity contribution >= 4 is 5.97 Å². The fourth-order valence-electron chi connectivity index (χ4n) is 1.53. The zero-order valence-corrected chi connectivity index (χ0v) is 9.73. The van der Waals surface area contributed by atoms with E-state index in [-0.39, 0.29) is 6.42 Å². The van der Waals surface area contributed by atoms with Crippen LogP contribution < -0.4 is 0 Å². The van der Waals surface area contributed by atoms with Gasteiger partial charge in [0.15, 0.2) is 0 Å². The standard InChI is InChI=1S/C11H13N5O2/c17-11(18)4-2-1-3-9-7-16(15-14-9)10-5-12-8-13-6-10/h5-8H,1-4H2,(H,17,18). The molecule has 0 saturated carbocycles. The van der Waals surface area contributed by atoms with Crippen molar-refractivity contribution in [3.63, 3.8) is 0 Å². The number of carbonyl (C=O) groups is 1. The second-order valence-electron chi connectivity index (χ2n) is 3.85. The van der Waals surface area contributed by atoms with Crippen molar-refractivity contribution in [2.24, 2.45) is 0 Å². The van der Waals surface area contributed by atoms with E-state index in [1.807, 2.05) is 0 Å². The third kappa shape index (κ3) is 3.34. The average molecular weight is 247 g/mol. The Balaban J connectivity index is 1.89. The molecule has 0 aliphatic heterocycles. The molecule has 0 fully saturated rings. The van der Waals surface area contributed by atoms with Gasteiger partial charge in [-0.2, -0.15) is 0 Å². The lowest BCUT2D eigenvalue weighted by atomic mass is 10.1. The minimum absolute atomic E-state index is 0.195. The Kier molecular flexibility index (Phi) is 3.95. The molecule has 7 nitrogen and oxygen atoms in total. The molecule has 0 amide bonds. The van der Waals surface area contributed by atoms with Crippen molar-refractivity contribution in [3.05, 3.63) is 30.6 Å². The van der Waals surface area contributed by atoms with E-state index in [9.17, 15) is 4.79 Å². The van der Waals surface area contributed by atoms with Crippen LogP contribution in [0.5, 0.6) is 0 Å². The van der Waals surface area contributed by atoms with E-state index in [0.717, 1.165) is 24.2 Å². The Labute approximate surface area is 104 Å². The van der Waals surface area contributed by atoms with Crippen LogP contribution in [0, 0.1) is 0 Å². The number of rotatable bonds is 6. The van der Waals surface area contributed by atoms with Gasteiger partial charge >= 0.3 is 5.97 Å². The Bertz CT molecular complexity index is 511. The maximum atomic E-state index is 10.4. The molecule has 0 aromatic carbocycles. The molecular formula is C11H13N5O2. The molecule has 0 saturated heterocycles. The van der Waals surface area contributed by atoms with Crippen LogP contribution in [0.25, 0.3) is 5.69 Å². The highest BCUT2D eigenvalue weighted by molar-refractivity contribution is 5.66. The monoisotopic (exact) mass is 247 g/mol. The number of carboxylic acid groups (broad SMARTS) is 1. The molecule has 0 spiro atoms. The van der Waals surface area contributed by atoms with Gasteiger partial charge in [0.2, 0.25) is 0 Å². The average Bonchev–Trinajstić information content (AvgIpc) is 2.84. The normalized spacial score (nSPS) is 10.4. The number of aliphatic carboxylic acids is 1. The van der Waals surface area contributed by atoms with E-state index in [2.05, 4.69) is 20.3 Å². The fourth-order valence-corrected chi connectivity index (χ4v) is 1.53. The highest BCUT2D eigenvalue weighted by Gasteiger charge is 2.04. The lowest BCUT2D eigenvalue weighted by Gasteiger charge is -1.96. The first-order chi connectivity index (χ1) is 8.75. The summed E-state index contributed by atoms with van der Waals surface area (Å²) in [4.78, 5) is 18.2. The van der Waals surface area contributed by atoms with Gasteiger partial charge in [-0.25, -0.2) is 14.6 Å². The van der Waals surface area contributed by atoms with Crippen LogP contribution in [0.1, 0.15) is 25.0 Å². The SMILES string of the molecule is O=C(O)CCCCc1cn(-c2cncnc2)nn1. The van der Waals surface area contributed by atoms with Crippen LogP contribution in [0.3, 0.4) is 0 Å². The van der Waals surface area contributed by atoms with Gasteiger partial charge in [-0.15, -0.1) is 5.10 Å². The minimum Gasteiger partial charge on any atom is -0.481 e. The Morgan fingerprint density at radius 2 is 2.06 bits per heavy atom. The molecule has 18 heavy (non-hydrogen) atoms. The van der Waals surface area contributed by atoms with E-state index in [1.165, 1.54) is 6.33 Å². The van der Waals surface area contributed by atoms with E-state index in [1.54, 1.807) is 23.3 Å². The summed E-state index contributed by atoms with van der Waals surface area (Å²) in [5.74, 6) is -0.764. The number of aromatic nitrogens is 5. The lowest BCUT2D eigenvalue weighted by molar-refractivity contribution is -0.137. The van der Waals surface area contributed by atoms with Crippen LogP contribution in [-0.4, -0.2) is 36.0 Å². The summed E-state index contributed by atoms with van der Waals surface area (Å²) in [6.45, 7) is 0. The summed E-state index contributed by atoms with van der Waals surface area (Å²) < 4.78 is 1.60. The third-order valence-corrected chi connectivity index (χ3v) is 2.43. The second kappa shape index (κ2) is 5.85. The van der Waals surface area contributed by atoms with Gasteiger partial charge in [-0.3, -0.25) is 4.79 Å². The number of carboxylic acids is 1. The van der Waals surface area contributed by atoms with Gasteiger partial charge in [0.1, 0.15) is 12.0 Å². The summed E-state index contributed by atoms with van der Waals surface area (Å²) in [5, 5.41) is 16.5. The third-order valence-electron chi connectivity index (χ3n) is 2.43. The van der Waals surface area contributed by atoms with Crippen LogP contribution >= 0.6 is 0 Å². The summed E-state index contributed by atoms with van der Waals surface area (Å²) in [5.41, 5.74) is 1.59. The van der Waals surface area contributed by atoms with Crippen molar-refractivity contribution in [1.29, 1.82) is 0 Å². The predicted molar refractivity (Wildman–Crippen MR) is 62.1 cm³/mol. The molecule has 0 aliphatic carbocycles. The molecule has 2 aromatic heterocycles. The van der Waals surface area contributed by atoms with Crippen LogP contribution in [0.4, 0.5) is 0 Å². The first-order valence-electron chi connectivity index (χ1n) is 5.64. The van der Waals surface area contributed by atoms with Crippen molar-refractivity contribution in [1.82, 2.24) is 25.0 Å². The van der Waals surface area contributed by atoms with Crippen molar-refractivity contribution in [2.45, 2.75) is 25.7 Å². The van der Waals surface area contributed by atoms with E-state index < -0.39 is 5.97 Å². The summed E-state index contributed by atoms with van der Waals surface area (Å²) in [7, 11) is 0. The van der Waals surface area contributed by atoms with Gasteiger partial charge in [-0.05, 0) is 19.3 Å². The minimum atomic E-state index is -0.764. The molecule has 0 atom stereocenters. The summed E-state index contributed by atoms with van der Waals surface area (Å²) in [6, 6.07) is 0.